The predicted octanol–water partition coefficient (Wildman–Crippen LogP) is 3.27. The van der Waals surface area contributed by atoms with Gasteiger partial charge in [0.15, 0.2) is 5.78 Å². The molecule has 6 nitrogen and oxygen atoms in total. The fourth-order valence-corrected chi connectivity index (χ4v) is 3.98. The van der Waals surface area contributed by atoms with Gasteiger partial charge < -0.3 is 0 Å². The van der Waals surface area contributed by atoms with Crippen LogP contribution >= 0.6 is 11.3 Å². The molecule has 0 fully saturated rings. The third-order valence-corrected chi connectivity index (χ3v) is 5.66. The summed E-state index contributed by atoms with van der Waals surface area (Å²) in [6.07, 6.45) is 3.30. The van der Waals surface area contributed by atoms with Crippen LogP contribution < -0.4 is 5.56 Å². The van der Waals surface area contributed by atoms with Gasteiger partial charge in [0.05, 0.1) is 27.2 Å². The number of benzene rings is 1. The minimum absolute atomic E-state index is 0.00321. The lowest BCUT2D eigenvalue weighted by Crippen LogP contribution is -2.17. The molecule has 3 heterocycles. The molecular weight excluding hydrogens is 348 g/mol. The highest BCUT2D eigenvalue weighted by molar-refractivity contribution is 7.17. The molecule has 0 saturated carbocycles. The third kappa shape index (κ3) is 2.48. The Labute approximate surface area is 153 Å². The highest BCUT2D eigenvalue weighted by atomic mass is 32.1. The molecule has 0 spiro atoms. The normalized spacial score (nSPS) is 11.2. The molecule has 0 saturated heterocycles. The highest BCUT2D eigenvalue weighted by Gasteiger charge is 2.21. The monoisotopic (exact) mass is 364 g/mol. The summed E-state index contributed by atoms with van der Waals surface area (Å²) in [6.45, 7) is 1.53. The quantitative estimate of drug-likeness (QED) is 0.523. The van der Waals surface area contributed by atoms with Crippen LogP contribution in [-0.4, -0.2) is 25.1 Å². The molecule has 26 heavy (non-hydrogen) atoms. The number of carbonyl (C=O) groups is 1. The van der Waals surface area contributed by atoms with Crippen molar-refractivity contribution in [3.05, 3.63) is 58.0 Å². The summed E-state index contributed by atoms with van der Waals surface area (Å²) in [4.78, 5) is 34.6. The second-order valence-electron chi connectivity index (χ2n) is 6.06. The Balaban J connectivity index is 1.99. The predicted molar refractivity (Wildman–Crippen MR) is 103 cm³/mol. The maximum absolute atomic E-state index is 12.9. The zero-order valence-electron chi connectivity index (χ0n) is 14.6. The second kappa shape index (κ2) is 6.03. The van der Waals surface area contributed by atoms with Crippen LogP contribution in [0.15, 0.2) is 47.5 Å². The first-order chi connectivity index (χ1) is 12.5. The molecule has 7 heteroatoms. The molecule has 1 aromatic carbocycles. The molecule has 0 aliphatic heterocycles. The van der Waals surface area contributed by atoms with Crippen molar-refractivity contribution in [2.45, 2.75) is 6.92 Å². The maximum Gasteiger partial charge on any atom is 0.275 e. The van der Waals surface area contributed by atoms with Crippen molar-refractivity contribution >= 4 is 28.2 Å². The van der Waals surface area contributed by atoms with Crippen LogP contribution in [0.2, 0.25) is 0 Å². The van der Waals surface area contributed by atoms with Crippen LogP contribution in [0.3, 0.4) is 0 Å². The number of hydrogen-bond acceptors (Lipinski definition) is 5. The highest BCUT2D eigenvalue weighted by Crippen LogP contribution is 2.34. The first-order valence-electron chi connectivity index (χ1n) is 8.05. The molecule has 0 unspecified atom stereocenters. The Bertz CT molecular complexity index is 1220. The SMILES string of the molecule is CC(=O)c1ccc(-c2c(-c3ccc4nccnc4c3)n(C)n(C)c2=O)s1. The van der Waals surface area contributed by atoms with E-state index in [1.165, 1.54) is 18.3 Å². The van der Waals surface area contributed by atoms with Crippen LogP contribution in [-0.2, 0) is 14.1 Å². The summed E-state index contributed by atoms with van der Waals surface area (Å²) < 4.78 is 3.39. The van der Waals surface area contributed by atoms with E-state index >= 15 is 0 Å². The van der Waals surface area contributed by atoms with E-state index in [9.17, 15) is 9.59 Å². The summed E-state index contributed by atoms with van der Waals surface area (Å²) >= 11 is 1.34. The average molecular weight is 364 g/mol. The van der Waals surface area contributed by atoms with E-state index in [1.807, 2.05) is 36.0 Å². The molecular formula is C19H16N4O2S. The van der Waals surface area contributed by atoms with Gasteiger partial charge >= 0.3 is 0 Å². The van der Waals surface area contributed by atoms with E-state index in [-0.39, 0.29) is 11.3 Å². The Morgan fingerprint density at radius 2 is 1.73 bits per heavy atom. The van der Waals surface area contributed by atoms with Crippen LogP contribution in [0.1, 0.15) is 16.6 Å². The van der Waals surface area contributed by atoms with Gasteiger partial charge in [0.25, 0.3) is 5.56 Å². The van der Waals surface area contributed by atoms with Gasteiger partial charge in [-0.15, -0.1) is 11.3 Å². The Morgan fingerprint density at radius 1 is 1.00 bits per heavy atom. The first-order valence-corrected chi connectivity index (χ1v) is 8.87. The molecule has 0 amide bonds. The molecule has 4 rings (SSSR count). The van der Waals surface area contributed by atoms with Crippen LogP contribution in [0.4, 0.5) is 0 Å². The van der Waals surface area contributed by atoms with Crippen molar-refractivity contribution in [2.24, 2.45) is 14.1 Å². The molecule has 0 radical (unpaired) electrons. The Kier molecular flexibility index (Phi) is 3.81. The number of thiophene rings is 1. The van der Waals surface area contributed by atoms with Crippen LogP contribution in [0, 0.1) is 0 Å². The summed E-state index contributed by atoms with van der Waals surface area (Å²) in [7, 11) is 3.58. The van der Waals surface area contributed by atoms with Gasteiger partial charge in [0.1, 0.15) is 0 Å². The summed E-state index contributed by atoms with van der Waals surface area (Å²) in [5.74, 6) is -0.00321. The molecule has 130 valence electrons. The molecule has 0 aliphatic rings. The molecule has 0 aliphatic carbocycles. The number of ketones is 1. The van der Waals surface area contributed by atoms with Crippen molar-refractivity contribution < 1.29 is 4.79 Å². The van der Waals surface area contributed by atoms with E-state index in [4.69, 9.17) is 0 Å². The largest absolute Gasteiger partial charge is 0.294 e. The van der Waals surface area contributed by atoms with Gasteiger partial charge in [-0.25, -0.2) is 0 Å². The Morgan fingerprint density at radius 3 is 2.42 bits per heavy atom. The number of rotatable bonds is 3. The van der Waals surface area contributed by atoms with Crippen LogP contribution in [0.5, 0.6) is 0 Å². The van der Waals surface area contributed by atoms with E-state index in [0.29, 0.717) is 10.4 Å². The smallest absolute Gasteiger partial charge is 0.275 e. The lowest BCUT2D eigenvalue weighted by Gasteiger charge is -2.08. The minimum atomic E-state index is -0.0984. The van der Waals surface area contributed by atoms with E-state index in [2.05, 4.69) is 9.97 Å². The minimum Gasteiger partial charge on any atom is -0.294 e. The number of carbonyl (C=O) groups excluding carboxylic acids is 1. The number of hydrogen-bond donors (Lipinski definition) is 0. The van der Waals surface area contributed by atoms with Crippen molar-refractivity contribution in [3.8, 4) is 21.7 Å². The topological polar surface area (TPSA) is 69.8 Å². The van der Waals surface area contributed by atoms with Gasteiger partial charge in [-0.2, -0.15) is 0 Å². The number of Topliss-reactive ketones (excluding diaryl/α,β-unsaturated/α-hetero) is 1. The fraction of sp³-hybridized carbons (Fsp3) is 0.158. The Hall–Kier alpha value is -3.06. The zero-order chi connectivity index (χ0) is 18.4. The fourth-order valence-electron chi connectivity index (χ4n) is 3.04. The van der Waals surface area contributed by atoms with Crippen molar-refractivity contribution in [1.29, 1.82) is 0 Å². The van der Waals surface area contributed by atoms with Gasteiger partial charge in [0.2, 0.25) is 0 Å². The lowest BCUT2D eigenvalue weighted by molar-refractivity contribution is 0.102. The molecule has 0 atom stereocenters. The number of fused-ring (bicyclic) bond motifs is 1. The van der Waals surface area contributed by atoms with Gasteiger partial charge in [-0.05, 0) is 31.2 Å². The number of aromatic nitrogens is 4. The van der Waals surface area contributed by atoms with Gasteiger partial charge in [0, 0.05) is 36.9 Å². The zero-order valence-corrected chi connectivity index (χ0v) is 15.4. The van der Waals surface area contributed by atoms with E-state index in [0.717, 1.165) is 27.2 Å². The lowest BCUT2D eigenvalue weighted by atomic mass is 10.1. The maximum atomic E-state index is 12.9. The number of nitrogens with zero attached hydrogens (tertiary/aromatic N) is 4. The van der Waals surface area contributed by atoms with Crippen molar-refractivity contribution in [3.63, 3.8) is 0 Å². The van der Waals surface area contributed by atoms with Gasteiger partial charge in [-0.3, -0.25) is 28.9 Å². The van der Waals surface area contributed by atoms with Crippen molar-refractivity contribution in [1.82, 2.24) is 19.3 Å². The molecule has 4 aromatic rings. The molecule has 0 bridgehead atoms. The van der Waals surface area contributed by atoms with E-state index < -0.39 is 0 Å². The summed E-state index contributed by atoms with van der Waals surface area (Å²) in [5, 5.41) is 0. The third-order valence-electron chi connectivity index (χ3n) is 4.46. The second-order valence-corrected chi connectivity index (χ2v) is 7.14. The van der Waals surface area contributed by atoms with E-state index in [1.54, 1.807) is 30.2 Å². The standard InChI is InChI=1S/C19H16N4O2S/c1-11(24)15-6-7-16(26-15)17-18(22(2)23(3)19(17)25)12-4-5-13-14(10-12)21-9-8-20-13/h4-10H,1-3H3. The average Bonchev–Trinajstić information content (AvgIpc) is 3.21. The first kappa shape index (κ1) is 16.4. The summed E-state index contributed by atoms with van der Waals surface area (Å²) in [6, 6.07) is 9.37. The van der Waals surface area contributed by atoms with Crippen molar-refractivity contribution in [2.75, 3.05) is 0 Å². The van der Waals surface area contributed by atoms with Crippen LogP contribution in [0.25, 0.3) is 32.7 Å². The molecule has 3 aromatic heterocycles. The summed E-state index contributed by atoms with van der Waals surface area (Å²) in [5.41, 5.74) is 3.74. The van der Waals surface area contributed by atoms with Gasteiger partial charge in [-0.1, -0.05) is 6.07 Å². The molecule has 0 N–H and O–H groups in total.